The van der Waals surface area contributed by atoms with E-state index in [-0.39, 0.29) is 12.5 Å². The number of hydrogen-bond donors (Lipinski definition) is 1. The Labute approximate surface area is 166 Å². The second-order valence-electron chi connectivity index (χ2n) is 6.68. The van der Waals surface area contributed by atoms with Gasteiger partial charge in [-0.25, -0.2) is 0 Å². The molecule has 2 aromatic rings. The van der Waals surface area contributed by atoms with E-state index in [0.717, 1.165) is 17.7 Å². The predicted octanol–water partition coefficient (Wildman–Crippen LogP) is 3.69. The maximum atomic E-state index is 12.2. The van der Waals surface area contributed by atoms with Crippen molar-refractivity contribution in [2.45, 2.75) is 26.8 Å². The van der Waals surface area contributed by atoms with Crippen LogP contribution in [0.5, 0.6) is 17.2 Å². The molecule has 1 amide bonds. The minimum absolute atomic E-state index is 0.154. The average molecular weight is 382 g/mol. The van der Waals surface area contributed by atoms with Crippen LogP contribution in [-0.2, 0) is 11.3 Å². The molecule has 0 bridgehead atoms. The van der Waals surface area contributed by atoms with Gasteiger partial charge in [-0.2, -0.15) is 5.26 Å². The molecule has 0 aliphatic heterocycles. The molecule has 0 aliphatic rings. The molecule has 148 valence electrons. The number of ether oxygens (including phenoxy) is 3. The standard InChI is InChI=1S/C22H26N2O4/c1-16(2)10-11-27-19-7-5-4-6-18(19)14-24-22(25)15-28-20-9-8-17(13-23)12-21(20)26-3/h4-9,12,16H,10-11,14-15H2,1-3H3,(H,24,25). The number of nitriles is 1. The van der Waals surface area contributed by atoms with Crippen LogP contribution in [0.2, 0.25) is 0 Å². The molecule has 0 aromatic heterocycles. The first kappa shape index (κ1) is 21.1. The number of benzene rings is 2. The van der Waals surface area contributed by atoms with Crippen molar-refractivity contribution in [1.29, 1.82) is 5.26 Å². The van der Waals surface area contributed by atoms with Crippen molar-refractivity contribution < 1.29 is 19.0 Å². The van der Waals surface area contributed by atoms with Crippen LogP contribution in [0, 0.1) is 17.2 Å². The van der Waals surface area contributed by atoms with E-state index < -0.39 is 0 Å². The zero-order chi connectivity index (χ0) is 20.4. The Morgan fingerprint density at radius 2 is 1.89 bits per heavy atom. The summed E-state index contributed by atoms with van der Waals surface area (Å²) in [6.45, 7) is 5.14. The van der Waals surface area contributed by atoms with Gasteiger partial charge in [0.1, 0.15) is 5.75 Å². The number of hydrogen-bond acceptors (Lipinski definition) is 5. The van der Waals surface area contributed by atoms with Gasteiger partial charge >= 0.3 is 0 Å². The van der Waals surface area contributed by atoms with Crippen molar-refractivity contribution in [2.75, 3.05) is 20.3 Å². The van der Waals surface area contributed by atoms with Crippen LogP contribution < -0.4 is 19.5 Å². The Kier molecular flexibility index (Phi) is 8.16. The van der Waals surface area contributed by atoms with Gasteiger partial charge < -0.3 is 19.5 Å². The van der Waals surface area contributed by atoms with Crippen LogP contribution in [0.15, 0.2) is 42.5 Å². The van der Waals surface area contributed by atoms with Gasteiger partial charge in [0.2, 0.25) is 0 Å². The minimum atomic E-state index is -0.261. The molecule has 0 radical (unpaired) electrons. The van der Waals surface area contributed by atoms with E-state index in [1.165, 1.54) is 7.11 Å². The molecule has 0 atom stereocenters. The molecule has 0 fully saturated rings. The summed E-state index contributed by atoms with van der Waals surface area (Å²) in [5, 5.41) is 11.8. The molecular weight excluding hydrogens is 356 g/mol. The number of methoxy groups -OCH3 is 1. The maximum Gasteiger partial charge on any atom is 0.258 e. The largest absolute Gasteiger partial charge is 0.493 e. The van der Waals surface area contributed by atoms with E-state index in [0.29, 0.717) is 36.1 Å². The minimum Gasteiger partial charge on any atom is -0.493 e. The molecule has 0 saturated carbocycles. The number of nitrogens with zero attached hydrogens (tertiary/aromatic N) is 1. The first-order valence-electron chi connectivity index (χ1n) is 9.21. The summed E-state index contributed by atoms with van der Waals surface area (Å²) >= 11 is 0. The van der Waals surface area contributed by atoms with E-state index in [1.54, 1.807) is 18.2 Å². The molecule has 2 rings (SSSR count). The lowest BCUT2D eigenvalue weighted by atomic mass is 10.1. The van der Waals surface area contributed by atoms with Crippen molar-refractivity contribution in [2.24, 2.45) is 5.92 Å². The van der Waals surface area contributed by atoms with Crippen LogP contribution in [-0.4, -0.2) is 26.2 Å². The second kappa shape index (κ2) is 10.8. The summed E-state index contributed by atoms with van der Waals surface area (Å²) in [7, 11) is 1.49. The second-order valence-corrected chi connectivity index (χ2v) is 6.68. The fourth-order valence-corrected chi connectivity index (χ4v) is 2.44. The summed E-state index contributed by atoms with van der Waals surface area (Å²) in [4.78, 5) is 12.2. The molecule has 0 saturated heterocycles. The Balaban J connectivity index is 1.87. The summed E-state index contributed by atoms with van der Waals surface area (Å²) in [5.41, 5.74) is 1.37. The zero-order valence-electron chi connectivity index (χ0n) is 16.5. The topological polar surface area (TPSA) is 80.6 Å². The van der Waals surface area contributed by atoms with Crippen molar-refractivity contribution in [3.05, 3.63) is 53.6 Å². The zero-order valence-corrected chi connectivity index (χ0v) is 16.5. The number of carbonyl (C=O) groups excluding carboxylic acids is 1. The average Bonchev–Trinajstić information content (AvgIpc) is 2.71. The van der Waals surface area contributed by atoms with Crippen molar-refractivity contribution in [1.82, 2.24) is 5.32 Å². The molecule has 0 aliphatic carbocycles. The molecular formula is C22H26N2O4. The molecule has 0 unspecified atom stereocenters. The lowest BCUT2D eigenvalue weighted by Gasteiger charge is -2.14. The van der Waals surface area contributed by atoms with E-state index in [9.17, 15) is 4.79 Å². The van der Waals surface area contributed by atoms with E-state index in [2.05, 4.69) is 19.2 Å². The van der Waals surface area contributed by atoms with Crippen molar-refractivity contribution >= 4 is 5.91 Å². The number of carbonyl (C=O) groups is 1. The smallest absolute Gasteiger partial charge is 0.258 e. The van der Waals surface area contributed by atoms with Gasteiger partial charge in [0.15, 0.2) is 18.1 Å². The third kappa shape index (κ3) is 6.51. The third-order valence-corrected chi connectivity index (χ3v) is 4.05. The maximum absolute atomic E-state index is 12.2. The number of para-hydroxylation sites is 1. The van der Waals surface area contributed by atoms with Crippen molar-refractivity contribution in [3.8, 4) is 23.3 Å². The molecule has 6 heteroatoms. The van der Waals surface area contributed by atoms with E-state index in [1.807, 2.05) is 30.3 Å². The van der Waals surface area contributed by atoms with Gasteiger partial charge in [0.25, 0.3) is 5.91 Å². The highest BCUT2D eigenvalue weighted by Crippen LogP contribution is 2.27. The lowest BCUT2D eigenvalue weighted by molar-refractivity contribution is -0.123. The van der Waals surface area contributed by atoms with Gasteiger partial charge in [0.05, 0.1) is 25.3 Å². The Morgan fingerprint density at radius 3 is 2.61 bits per heavy atom. The molecule has 6 nitrogen and oxygen atoms in total. The summed E-state index contributed by atoms with van der Waals surface area (Å²) in [5.74, 6) is 1.91. The Hall–Kier alpha value is -3.20. The molecule has 0 spiro atoms. The quantitative estimate of drug-likeness (QED) is 0.678. The van der Waals surface area contributed by atoms with Gasteiger partial charge in [-0.05, 0) is 30.5 Å². The van der Waals surface area contributed by atoms with Gasteiger partial charge in [-0.3, -0.25) is 4.79 Å². The fraction of sp³-hybridized carbons (Fsp3) is 0.364. The molecule has 28 heavy (non-hydrogen) atoms. The van der Waals surface area contributed by atoms with Crippen molar-refractivity contribution in [3.63, 3.8) is 0 Å². The Bertz CT molecular complexity index is 828. The first-order valence-corrected chi connectivity index (χ1v) is 9.21. The monoisotopic (exact) mass is 382 g/mol. The number of nitrogens with one attached hydrogen (secondary N) is 1. The highest BCUT2D eigenvalue weighted by molar-refractivity contribution is 5.77. The van der Waals surface area contributed by atoms with Crippen LogP contribution in [0.1, 0.15) is 31.4 Å². The fourth-order valence-electron chi connectivity index (χ4n) is 2.44. The summed E-state index contributed by atoms with van der Waals surface area (Å²) in [6.07, 6.45) is 0.973. The van der Waals surface area contributed by atoms with Crippen LogP contribution in [0.25, 0.3) is 0 Å². The first-order chi connectivity index (χ1) is 13.5. The lowest BCUT2D eigenvalue weighted by Crippen LogP contribution is -2.28. The van der Waals surface area contributed by atoms with E-state index in [4.69, 9.17) is 19.5 Å². The van der Waals surface area contributed by atoms with Gasteiger partial charge in [-0.15, -0.1) is 0 Å². The molecule has 1 N–H and O–H groups in total. The van der Waals surface area contributed by atoms with Crippen LogP contribution in [0.3, 0.4) is 0 Å². The summed E-state index contributed by atoms with van der Waals surface area (Å²) < 4.78 is 16.6. The highest BCUT2D eigenvalue weighted by Gasteiger charge is 2.10. The van der Waals surface area contributed by atoms with E-state index >= 15 is 0 Å². The van der Waals surface area contributed by atoms with Crippen LogP contribution in [0.4, 0.5) is 0 Å². The number of amides is 1. The SMILES string of the molecule is COc1cc(C#N)ccc1OCC(=O)NCc1ccccc1OCCC(C)C. The molecule has 2 aromatic carbocycles. The predicted molar refractivity (Wildman–Crippen MR) is 106 cm³/mol. The van der Waals surface area contributed by atoms with Crippen LogP contribution >= 0.6 is 0 Å². The highest BCUT2D eigenvalue weighted by atomic mass is 16.5. The normalized spacial score (nSPS) is 10.2. The van der Waals surface area contributed by atoms with Gasteiger partial charge in [0, 0.05) is 18.2 Å². The Morgan fingerprint density at radius 1 is 1.11 bits per heavy atom. The van der Waals surface area contributed by atoms with Gasteiger partial charge in [-0.1, -0.05) is 32.0 Å². The molecule has 0 heterocycles. The summed E-state index contributed by atoms with van der Waals surface area (Å²) in [6, 6.07) is 14.5. The third-order valence-electron chi connectivity index (χ3n) is 4.05. The number of rotatable bonds is 10.